The third-order valence-electron chi connectivity index (χ3n) is 8.05. The van der Waals surface area contributed by atoms with Crippen LogP contribution in [-0.2, 0) is 0 Å². The van der Waals surface area contributed by atoms with Crippen LogP contribution >= 0.6 is 15.8 Å². The molecule has 2 nitrogen and oxygen atoms in total. The molecule has 2 aliphatic carbocycles. The maximum absolute atomic E-state index is 6.09. The van der Waals surface area contributed by atoms with Gasteiger partial charge in [0.2, 0.25) is 0 Å². The van der Waals surface area contributed by atoms with Gasteiger partial charge in [0.05, 0.1) is 12.5 Å². The summed E-state index contributed by atoms with van der Waals surface area (Å²) in [6.45, 7) is 17.9. The number of rotatable bonds is 6. The second-order valence-electron chi connectivity index (χ2n) is 12.3. The Morgan fingerprint density at radius 2 is 1.25 bits per heavy atom. The van der Waals surface area contributed by atoms with Crippen molar-refractivity contribution in [2.75, 3.05) is 0 Å². The van der Waals surface area contributed by atoms with Crippen molar-refractivity contribution >= 4 is 26.8 Å². The highest BCUT2D eigenvalue weighted by molar-refractivity contribution is 7.73. The Hall–Kier alpha value is -0.580. The minimum atomic E-state index is -0.615. The lowest BCUT2D eigenvalue weighted by atomic mass is 9.79. The zero-order chi connectivity index (χ0) is 23.1. The van der Waals surface area contributed by atoms with Crippen LogP contribution in [0.5, 0.6) is 0 Å². The number of furan rings is 2. The molecule has 0 aromatic carbocycles. The van der Waals surface area contributed by atoms with Gasteiger partial charge in [0.25, 0.3) is 0 Å². The molecule has 3 atom stereocenters. The van der Waals surface area contributed by atoms with Crippen molar-refractivity contribution in [3.63, 3.8) is 0 Å². The summed E-state index contributed by atoms with van der Waals surface area (Å²) in [7, 11) is -0.843. The van der Waals surface area contributed by atoms with Crippen LogP contribution < -0.4 is 11.0 Å². The normalized spacial score (nSPS) is 25.2. The van der Waals surface area contributed by atoms with Crippen molar-refractivity contribution in [2.24, 2.45) is 11.8 Å². The maximum atomic E-state index is 6.09. The Balaban J connectivity index is 1.83. The van der Waals surface area contributed by atoms with Gasteiger partial charge in [-0.3, -0.25) is 0 Å². The van der Waals surface area contributed by atoms with E-state index < -0.39 is 7.92 Å². The zero-order valence-electron chi connectivity index (χ0n) is 21.4. The van der Waals surface area contributed by atoms with Crippen molar-refractivity contribution in [2.45, 2.75) is 115 Å². The van der Waals surface area contributed by atoms with Crippen molar-refractivity contribution in [3.8, 4) is 0 Å². The summed E-state index contributed by atoms with van der Waals surface area (Å²) >= 11 is 0. The molecule has 0 amide bonds. The molecule has 2 aromatic rings. The standard InChI is InChI=1S/C28H44O2P2/c1-26(2,3)32(27(4,5)6)28(7,21-13-8-9-14-21)22-15-10-16-23(22)31(24-17-11-19-29-24)25-18-12-20-30-25/h11-12,17-23H,8-10,13-16H2,1-7H3/t22?,23?,28-/m1/s1. The molecule has 178 valence electrons. The fourth-order valence-electron chi connectivity index (χ4n) is 7.79. The molecule has 0 N–H and O–H groups in total. The van der Waals surface area contributed by atoms with Gasteiger partial charge in [-0.25, -0.2) is 0 Å². The van der Waals surface area contributed by atoms with Crippen LogP contribution in [0.2, 0.25) is 0 Å². The summed E-state index contributed by atoms with van der Waals surface area (Å²) in [5.74, 6) is 1.58. The first-order chi connectivity index (χ1) is 15.0. The Morgan fingerprint density at radius 3 is 1.69 bits per heavy atom. The Labute approximate surface area is 198 Å². The van der Waals surface area contributed by atoms with Crippen LogP contribution in [0.15, 0.2) is 45.6 Å². The molecule has 2 saturated carbocycles. The molecule has 0 aliphatic heterocycles. The van der Waals surface area contributed by atoms with E-state index in [0.29, 0.717) is 21.1 Å². The SMILES string of the molecule is CC(C)(C)P(C(C)(C)C)[C@](C)(C1CCCC1)C1CCCC1P(c1ccco1)c1ccco1. The van der Waals surface area contributed by atoms with Crippen LogP contribution in [-0.4, -0.2) is 21.1 Å². The quantitative estimate of drug-likeness (QED) is 0.392. The van der Waals surface area contributed by atoms with E-state index in [1.54, 1.807) is 0 Å². The second kappa shape index (κ2) is 9.23. The van der Waals surface area contributed by atoms with Gasteiger partial charge in [-0.2, -0.15) is 0 Å². The molecule has 0 bridgehead atoms. The van der Waals surface area contributed by atoms with E-state index >= 15 is 0 Å². The molecule has 2 aromatic heterocycles. The molecule has 0 saturated heterocycles. The fraction of sp³-hybridized carbons (Fsp3) is 0.714. The molecule has 2 fully saturated rings. The Kier molecular flexibility index (Phi) is 7.08. The van der Waals surface area contributed by atoms with Gasteiger partial charge in [0.15, 0.2) is 0 Å². The van der Waals surface area contributed by atoms with E-state index in [1.165, 1.54) is 44.9 Å². The Bertz CT molecular complexity index is 789. The summed E-state index contributed by atoms with van der Waals surface area (Å²) < 4.78 is 12.2. The first-order valence-electron chi connectivity index (χ1n) is 12.7. The largest absolute Gasteiger partial charge is 0.464 e. The van der Waals surface area contributed by atoms with Gasteiger partial charge in [-0.1, -0.05) is 75.7 Å². The molecular weight excluding hydrogens is 430 g/mol. The van der Waals surface area contributed by atoms with Gasteiger partial charge >= 0.3 is 0 Å². The summed E-state index contributed by atoms with van der Waals surface area (Å²) in [6, 6.07) is 8.52. The lowest BCUT2D eigenvalue weighted by Gasteiger charge is -2.59. The first kappa shape index (κ1) is 24.5. The second-order valence-corrected chi connectivity index (χ2v) is 18.9. The van der Waals surface area contributed by atoms with Crippen LogP contribution in [0, 0.1) is 11.8 Å². The highest BCUT2D eigenvalue weighted by Gasteiger charge is 2.58. The highest BCUT2D eigenvalue weighted by atomic mass is 31.1. The van der Waals surface area contributed by atoms with Gasteiger partial charge < -0.3 is 8.83 Å². The van der Waals surface area contributed by atoms with E-state index in [2.05, 4.69) is 72.7 Å². The van der Waals surface area contributed by atoms with E-state index in [9.17, 15) is 0 Å². The summed E-state index contributed by atoms with van der Waals surface area (Å²) in [5.41, 5.74) is 2.94. The lowest BCUT2D eigenvalue weighted by Crippen LogP contribution is -2.50. The van der Waals surface area contributed by atoms with E-state index in [-0.39, 0.29) is 7.92 Å². The molecule has 32 heavy (non-hydrogen) atoms. The van der Waals surface area contributed by atoms with Crippen LogP contribution in [0.4, 0.5) is 0 Å². The summed E-state index contributed by atoms with van der Waals surface area (Å²) in [4.78, 5) is 0. The molecule has 2 heterocycles. The molecule has 0 spiro atoms. The fourth-order valence-corrected chi connectivity index (χ4v) is 17.1. The predicted molar refractivity (Wildman–Crippen MR) is 142 cm³/mol. The number of hydrogen-bond acceptors (Lipinski definition) is 2. The molecular formula is C28H44O2P2. The maximum Gasteiger partial charge on any atom is 0.133 e. The van der Waals surface area contributed by atoms with Crippen LogP contribution in [0.3, 0.4) is 0 Å². The average molecular weight is 475 g/mol. The summed E-state index contributed by atoms with van der Waals surface area (Å²) in [5, 5.41) is 1.04. The third-order valence-corrected chi connectivity index (χ3v) is 15.1. The molecule has 0 radical (unpaired) electrons. The van der Waals surface area contributed by atoms with Crippen molar-refractivity contribution in [1.82, 2.24) is 0 Å². The van der Waals surface area contributed by atoms with Gasteiger partial charge in [0, 0.05) is 7.92 Å². The van der Waals surface area contributed by atoms with Crippen LogP contribution in [0.25, 0.3) is 0 Å². The molecule has 4 rings (SSSR count). The van der Waals surface area contributed by atoms with E-state index in [0.717, 1.165) is 22.8 Å². The van der Waals surface area contributed by atoms with Crippen molar-refractivity contribution in [1.29, 1.82) is 0 Å². The van der Waals surface area contributed by atoms with Gasteiger partial charge in [0.1, 0.15) is 11.0 Å². The lowest BCUT2D eigenvalue weighted by molar-refractivity contribution is 0.281. The molecule has 2 unspecified atom stereocenters. The highest BCUT2D eigenvalue weighted by Crippen LogP contribution is 2.75. The smallest absolute Gasteiger partial charge is 0.133 e. The summed E-state index contributed by atoms with van der Waals surface area (Å²) in [6.07, 6.45) is 13.4. The van der Waals surface area contributed by atoms with Crippen molar-refractivity contribution in [3.05, 3.63) is 36.8 Å². The zero-order valence-corrected chi connectivity index (χ0v) is 23.1. The first-order valence-corrected chi connectivity index (χ1v) is 15.5. The minimum Gasteiger partial charge on any atom is -0.464 e. The van der Waals surface area contributed by atoms with Crippen LogP contribution in [0.1, 0.15) is 93.4 Å². The van der Waals surface area contributed by atoms with Gasteiger partial charge in [-0.15, -0.1) is 0 Å². The number of hydrogen-bond donors (Lipinski definition) is 0. The third kappa shape index (κ3) is 4.53. The molecule has 2 aliphatic rings. The van der Waals surface area contributed by atoms with Crippen molar-refractivity contribution < 1.29 is 8.83 Å². The Morgan fingerprint density at radius 1 is 0.719 bits per heavy atom. The average Bonchev–Trinajstić information content (AvgIpc) is 3.46. The van der Waals surface area contributed by atoms with E-state index in [4.69, 9.17) is 8.83 Å². The molecule has 4 heteroatoms. The van der Waals surface area contributed by atoms with E-state index in [1.807, 2.05) is 12.5 Å². The predicted octanol–water partition coefficient (Wildman–Crippen LogP) is 8.50. The van der Waals surface area contributed by atoms with Gasteiger partial charge in [-0.05, 0) is 82.9 Å². The minimum absolute atomic E-state index is 0.227. The topological polar surface area (TPSA) is 26.3 Å². The monoisotopic (exact) mass is 474 g/mol.